The van der Waals surface area contributed by atoms with Gasteiger partial charge in [-0.05, 0) is 37.3 Å². The Morgan fingerprint density at radius 3 is 2.47 bits per heavy atom. The first-order valence-electron chi connectivity index (χ1n) is 11.4. The van der Waals surface area contributed by atoms with Gasteiger partial charge in [0.05, 0.1) is 22.7 Å². The molecule has 0 spiro atoms. The number of nitrogens with zero attached hydrogens (tertiary/aromatic N) is 5. The van der Waals surface area contributed by atoms with Crippen LogP contribution in [-0.4, -0.2) is 64.4 Å². The summed E-state index contributed by atoms with van der Waals surface area (Å²) in [5, 5.41) is 9.41. The number of carbonyl (C=O) groups excluding carboxylic acids is 1. The van der Waals surface area contributed by atoms with Crippen molar-refractivity contribution in [3.63, 3.8) is 0 Å². The summed E-state index contributed by atoms with van der Waals surface area (Å²) in [4.78, 5) is 24.2. The number of aromatic nitrogens is 4. The van der Waals surface area contributed by atoms with Gasteiger partial charge in [-0.2, -0.15) is 5.10 Å². The van der Waals surface area contributed by atoms with Gasteiger partial charge in [-0.1, -0.05) is 23.2 Å². The van der Waals surface area contributed by atoms with Gasteiger partial charge < -0.3 is 19.3 Å². The van der Waals surface area contributed by atoms with Crippen LogP contribution < -0.4 is 9.64 Å². The van der Waals surface area contributed by atoms with E-state index in [4.69, 9.17) is 32.7 Å². The molecule has 3 aromatic heterocycles. The molecule has 186 valence electrons. The van der Waals surface area contributed by atoms with E-state index < -0.39 is 0 Å². The average Bonchev–Trinajstić information content (AvgIpc) is 3.31. The predicted octanol–water partition coefficient (Wildman–Crippen LogP) is 5.36. The number of H-pyrrole nitrogens is 1. The van der Waals surface area contributed by atoms with E-state index in [0.717, 1.165) is 28.0 Å². The zero-order valence-electron chi connectivity index (χ0n) is 19.7. The quantitative estimate of drug-likeness (QED) is 0.374. The van der Waals surface area contributed by atoms with Crippen LogP contribution in [0.4, 0.5) is 10.6 Å². The van der Waals surface area contributed by atoms with Gasteiger partial charge >= 0.3 is 6.09 Å². The molecule has 1 aliphatic rings. The van der Waals surface area contributed by atoms with Gasteiger partial charge in [0.2, 0.25) is 0 Å². The van der Waals surface area contributed by atoms with Crippen molar-refractivity contribution in [3.8, 4) is 17.0 Å². The smallest absolute Gasteiger partial charge is 0.409 e. The van der Waals surface area contributed by atoms with Gasteiger partial charge in [0.15, 0.2) is 0 Å². The summed E-state index contributed by atoms with van der Waals surface area (Å²) in [5.74, 6) is 1.52. The number of rotatable bonds is 5. The van der Waals surface area contributed by atoms with E-state index in [0.29, 0.717) is 47.5 Å². The maximum atomic E-state index is 11.7. The highest BCUT2D eigenvalue weighted by atomic mass is 35.5. The summed E-state index contributed by atoms with van der Waals surface area (Å²) in [6.45, 7) is 4.46. The molecule has 1 N–H and O–H groups in total. The van der Waals surface area contributed by atoms with Crippen LogP contribution in [0.2, 0.25) is 10.0 Å². The van der Waals surface area contributed by atoms with Crippen molar-refractivity contribution in [3.05, 3.63) is 64.5 Å². The number of anilines is 1. The zero-order valence-corrected chi connectivity index (χ0v) is 21.3. The Balaban J connectivity index is 1.34. The Morgan fingerprint density at radius 1 is 1.06 bits per heavy atom. The first kappa shape index (κ1) is 24.1. The van der Waals surface area contributed by atoms with Gasteiger partial charge in [0.25, 0.3) is 0 Å². The van der Waals surface area contributed by atoms with Crippen molar-refractivity contribution in [1.82, 2.24) is 25.1 Å². The summed E-state index contributed by atoms with van der Waals surface area (Å²) in [6, 6.07) is 9.70. The van der Waals surface area contributed by atoms with Crippen molar-refractivity contribution >= 4 is 46.0 Å². The second-order valence-corrected chi connectivity index (χ2v) is 9.22. The summed E-state index contributed by atoms with van der Waals surface area (Å²) in [7, 11) is 1.40. The molecule has 1 aromatic carbocycles. The highest BCUT2D eigenvalue weighted by Crippen LogP contribution is 2.35. The van der Waals surface area contributed by atoms with Crippen LogP contribution in [0.1, 0.15) is 18.6 Å². The Morgan fingerprint density at radius 2 is 1.81 bits per heavy atom. The lowest BCUT2D eigenvalue weighted by Crippen LogP contribution is -2.49. The number of ether oxygens (including phenoxy) is 2. The predicted molar refractivity (Wildman–Crippen MR) is 139 cm³/mol. The lowest BCUT2D eigenvalue weighted by atomic mass is 10.1. The number of aromatic amines is 1. The van der Waals surface area contributed by atoms with Crippen LogP contribution in [-0.2, 0) is 4.74 Å². The number of methoxy groups -OCH3 is 1. The van der Waals surface area contributed by atoms with E-state index in [9.17, 15) is 4.79 Å². The second kappa shape index (κ2) is 10.2. The molecular weight excluding hydrogens is 503 g/mol. The molecular formula is C25H24Cl2N6O3. The molecule has 1 amide bonds. The fourth-order valence-corrected chi connectivity index (χ4v) is 4.99. The van der Waals surface area contributed by atoms with Crippen LogP contribution in [0.25, 0.3) is 22.2 Å². The summed E-state index contributed by atoms with van der Waals surface area (Å²) in [5.41, 5.74) is 3.22. The topological polar surface area (TPSA) is 96.5 Å². The molecule has 1 fully saturated rings. The molecule has 4 aromatic rings. The minimum atomic E-state index is -0.374. The van der Waals surface area contributed by atoms with Crippen molar-refractivity contribution in [2.24, 2.45) is 0 Å². The number of fused-ring (bicyclic) bond motifs is 1. The van der Waals surface area contributed by atoms with Crippen molar-refractivity contribution in [1.29, 1.82) is 0 Å². The van der Waals surface area contributed by atoms with Gasteiger partial charge in [-0.25, -0.2) is 9.78 Å². The Labute approximate surface area is 217 Å². The maximum absolute atomic E-state index is 11.7. The molecule has 0 saturated carbocycles. The molecule has 0 bridgehead atoms. The minimum Gasteiger partial charge on any atom is -0.486 e. The van der Waals surface area contributed by atoms with E-state index in [1.165, 1.54) is 7.11 Å². The van der Waals surface area contributed by atoms with Crippen LogP contribution in [0.3, 0.4) is 0 Å². The largest absolute Gasteiger partial charge is 0.486 e. The molecule has 11 heteroatoms. The molecule has 36 heavy (non-hydrogen) atoms. The molecule has 5 rings (SSSR count). The van der Waals surface area contributed by atoms with E-state index >= 15 is 0 Å². The molecule has 1 aliphatic heterocycles. The third kappa shape index (κ3) is 4.76. The highest BCUT2D eigenvalue weighted by Gasteiger charge is 2.22. The fourth-order valence-electron chi connectivity index (χ4n) is 4.32. The van der Waals surface area contributed by atoms with Gasteiger partial charge in [0.1, 0.15) is 23.4 Å². The molecule has 0 unspecified atom stereocenters. The first-order chi connectivity index (χ1) is 17.4. The number of pyridine rings is 2. The van der Waals surface area contributed by atoms with E-state index in [-0.39, 0.29) is 12.2 Å². The number of benzene rings is 1. The average molecular weight is 527 g/mol. The number of hydrogen-bond donors (Lipinski definition) is 1. The van der Waals surface area contributed by atoms with Crippen molar-refractivity contribution < 1.29 is 14.3 Å². The van der Waals surface area contributed by atoms with Crippen molar-refractivity contribution in [2.45, 2.75) is 13.0 Å². The number of amides is 1. The van der Waals surface area contributed by atoms with Crippen LogP contribution in [0, 0.1) is 0 Å². The third-order valence-electron chi connectivity index (χ3n) is 6.20. The molecule has 1 saturated heterocycles. The standard InChI is InChI=1S/C25H24Cl2N6O3/c1-15(23-19(26)13-28-14-20(23)27)36-17-4-5-21-18(11-17)24(31-30-21)16-3-6-22(29-12-16)32-7-9-33(10-8-32)25(34)35-2/h3-6,11-15H,7-10H2,1-2H3,(H,30,31)/t15-/m1/s1. The van der Waals surface area contributed by atoms with Crippen molar-refractivity contribution in [2.75, 3.05) is 38.2 Å². The van der Waals surface area contributed by atoms with Gasteiger partial charge in [-0.3, -0.25) is 10.1 Å². The number of halogens is 2. The first-order valence-corrected chi connectivity index (χ1v) is 12.2. The summed E-state index contributed by atoms with van der Waals surface area (Å²) in [6.07, 6.45) is 4.24. The summed E-state index contributed by atoms with van der Waals surface area (Å²) < 4.78 is 11.0. The normalized spacial score (nSPS) is 14.7. The third-order valence-corrected chi connectivity index (χ3v) is 6.80. The SMILES string of the molecule is COC(=O)N1CCN(c2ccc(-c3n[nH]c4ccc(O[C@H](C)c5c(Cl)cncc5Cl)cc34)cn2)CC1. The maximum Gasteiger partial charge on any atom is 0.409 e. The molecule has 1 atom stereocenters. The van der Waals surface area contributed by atoms with Crippen LogP contribution in [0.5, 0.6) is 5.75 Å². The highest BCUT2D eigenvalue weighted by molar-refractivity contribution is 6.35. The van der Waals surface area contributed by atoms with Crippen LogP contribution in [0.15, 0.2) is 48.9 Å². The number of hydrogen-bond acceptors (Lipinski definition) is 7. The Bertz CT molecular complexity index is 1370. The minimum absolute atomic E-state index is 0.298. The van der Waals surface area contributed by atoms with Gasteiger partial charge in [-0.15, -0.1) is 0 Å². The van der Waals surface area contributed by atoms with Gasteiger partial charge in [0, 0.05) is 61.3 Å². The number of piperazine rings is 1. The number of carbonyl (C=O) groups is 1. The molecule has 4 heterocycles. The lowest BCUT2D eigenvalue weighted by Gasteiger charge is -2.34. The summed E-state index contributed by atoms with van der Waals surface area (Å²) >= 11 is 12.6. The van der Waals surface area contributed by atoms with E-state index in [1.54, 1.807) is 17.3 Å². The Hall–Kier alpha value is -3.56. The van der Waals surface area contributed by atoms with E-state index in [1.807, 2.05) is 43.5 Å². The van der Waals surface area contributed by atoms with E-state index in [2.05, 4.69) is 25.1 Å². The molecule has 9 nitrogen and oxygen atoms in total. The molecule has 0 aliphatic carbocycles. The lowest BCUT2D eigenvalue weighted by molar-refractivity contribution is 0.121. The molecule has 0 radical (unpaired) electrons. The second-order valence-electron chi connectivity index (χ2n) is 8.41. The number of nitrogens with one attached hydrogen (secondary N) is 1. The monoisotopic (exact) mass is 526 g/mol. The fraction of sp³-hybridized carbons (Fsp3) is 0.280. The van der Waals surface area contributed by atoms with Crippen LogP contribution >= 0.6 is 23.2 Å². The zero-order chi connectivity index (χ0) is 25.2. The Kier molecular flexibility index (Phi) is 6.84.